The lowest BCUT2D eigenvalue weighted by Gasteiger charge is -2.31. The molecule has 6 heteroatoms. The molecule has 0 saturated carbocycles. The first-order valence-corrected chi connectivity index (χ1v) is 8.72. The van der Waals surface area contributed by atoms with Crippen molar-refractivity contribution in [2.45, 2.75) is 38.5 Å². The van der Waals surface area contributed by atoms with Crippen LogP contribution in [0.5, 0.6) is 0 Å². The average Bonchev–Trinajstić information content (AvgIpc) is 3.28. The molecule has 1 atom stereocenters. The fourth-order valence-electron chi connectivity index (χ4n) is 3.33. The van der Waals surface area contributed by atoms with Gasteiger partial charge in [0.15, 0.2) is 5.82 Å². The topological polar surface area (TPSA) is 72.4 Å². The van der Waals surface area contributed by atoms with Crippen LogP contribution in [0.3, 0.4) is 0 Å². The molecule has 3 heterocycles. The maximum atomic E-state index is 13.0. The first-order valence-electron chi connectivity index (χ1n) is 8.72. The highest BCUT2D eigenvalue weighted by Crippen LogP contribution is 2.29. The van der Waals surface area contributed by atoms with Crippen LogP contribution >= 0.6 is 0 Å². The summed E-state index contributed by atoms with van der Waals surface area (Å²) in [6.07, 6.45) is 3.45. The standard InChI is InChI=1S/C19H21N3O3/c1-12(2)18-20-17(21-25-18)13-6-5-9-22(10-13)19(23)15-11-24-16-8-4-3-7-14(15)16/h3-4,7-8,11-13H,5-6,9-10H2,1-2H3/t13-/m0/s1. The molecular weight excluding hydrogens is 318 g/mol. The molecule has 3 aromatic rings. The van der Waals surface area contributed by atoms with Gasteiger partial charge < -0.3 is 13.8 Å². The van der Waals surface area contributed by atoms with E-state index in [9.17, 15) is 4.79 Å². The van der Waals surface area contributed by atoms with Crippen LogP contribution in [0.2, 0.25) is 0 Å². The number of carbonyl (C=O) groups is 1. The minimum absolute atomic E-state index is 0.00206. The fourth-order valence-corrected chi connectivity index (χ4v) is 3.33. The van der Waals surface area contributed by atoms with E-state index in [1.54, 1.807) is 6.26 Å². The summed E-state index contributed by atoms with van der Waals surface area (Å²) in [6, 6.07) is 7.61. The van der Waals surface area contributed by atoms with Gasteiger partial charge in [-0.3, -0.25) is 4.79 Å². The van der Waals surface area contributed by atoms with Crippen molar-refractivity contribution in [3.63, 3.8) is 0 Å². The predicted molar refractivity (Wildman–Crippen MR) is 92.5 cm³/mol. The summed E-state index contributed by atoms with van der Waals surface area (Å²) in [7, 11) is 0. The largest absolute Gasteiger partial charge is 0.463 e. The highest BCUT2D eigenvalue weighted by Gasteiger charge is 2.30. The first kappa shape index (κ1) is 15.9. The van der Waals surface area contributed by atoms with Crippen LogP contribution in [0.1, 0.15) is 60.6 Å². The number of hydrogen-bond acceptors (Lipinski definition) is 5. The van der Waals surface area contributed by atoms with Crippen LogP contribution in [0.15, 0.2) is 39.5 Å². The Balaban J connectivity index is 1.55. The summed E-state index contributed by atoms with van der Waals surface area (Å²) < 4.78 is 10.8. The highest BCUT2D eigenvalue weighted by atomic mass is 16.5. The number of hydrogen-bond donors (Lipinski definition) is 0. The second-order valence-electron chi connectivity index (χ2n) is 6.88. The van der Waals surface area contributed by atoms with Gasteiger partial charge in [0.05, 0.1) is 5.56 Å². The van der Waals surface area contributed by atoms with Gasteiger partial charge in [-0.05, 0) is 18.9 Å². The van der Waals surface area contributed by atoms with Crippen molar-refractivity contribution in [3.8, 4) is 0 Å². The van der Waals surface area contributed by atoms with Crippen molar-refractivity contribution >= 4 is 16.9 Å². The summed E-state index contributed by atoms with van der Waals surface area (Å²) in [6.45, 7) is 5.40. The maximum Gasteiger partial charge on any atom is 0.257 e. The molecule has 0 spiro atoms. The summed E-state index contributed by atoms with van der Waals surface area (Å²) >= 11 is 0. The number of benzene rings is 1. The summed E-state index contributed by atoms with van der Waals surface area (Å²) in [5, 5.41) is 4.98. The predicted octanol–water partition coefficient (Wildman–Crippen LogP) is 3.96. The molecule has 0 radical (unpaired) electrons. The molecule has 1 fully saturated rings. The van der Waals surface area contributed by atoms with E-state index in [1.165, 1.54) is 0 Å². The lowest BCUT2D eigenvalue weighted by molar-refractivity contribution is 0.0704. The van der Waals surface area contributed by atoms with Crippen molar-refractivity contribution < 1.29 is 13.7 Å². The first-order chi connectivity index (χ1) is 12.1. The molecule has 0 bridgehead atoms. The normalized spacial score (nSPS) is 18.2. The summed E-state index contributed by atoms with van der Waals surface area (Å²) in [4.78, 5) is 19.3. The Labute approximate surface area is 145 Å². The van der Waals surface area contributed by atoms with Crippen molar-refractivity contribution in [2.75, 3.05) is 13.1 Å². The molecule has 1 aliphatic rings. The van der Waals surface area contributed by atoms with Crippen molar-refractivity contribution in [1.29, 1.82) is 0 Å². The number of para-hydroxylation sites is 1. The van der Waals surface area contributed by atoms with Crippen LogP contribution in [0.25, 0.3) is 11.0 Å². The second kappa shape index (κ2) is 6.35. The Morgan fingerprint density at radius 1 is 1.32 bits per heavy atom. The van der Waals surface area contributed by atoms with Crippen LogP contribution in [0.4, 0.5) is 0 Å². The van der Waals surface area contributed by atoms with E-state index >= 15 is 0 Å². The van der Waals surface area contributed by atoms with Gasteiger partial charge >= 0.3 is 0 Å². The molecule has 130 valence electrons. The Morgan fingerprint density at radius 3 is 2.96 bits per heavy atom. The lowest BCUT2D eigenvalue weighted by Crippen LogP contribution is -2.39. The van der Waals surface area contributed by atoms with Gasteiger partial charge in [0, 0.05) is 30.3 Å². The Bertz CT molecular complexity index is 896. The van der Waals surface area contributed by atoms with E-state index in [0.29, 0.717) is 23.8 Å². The van der Waals surface area contributed by atoms with Crippen molar-refractivity contribution in [2.24, 2.45) is 0 Å². The lowest BCUT2D eigenvalue weighted by atomic mass is 9.96. The fraction of sp³-hybridized carbons (Fsp3) is 0.421. The monoisotopic (exact) mass is 339 g/mol. The third kappa shape index (κ3) is 2.92. The van der Waals surface area contributed by atoms with Gasteiger partial charge in [0.1, 0.15) is 11.8 Å². The van der Waals surface area contributed by atoms with Gasteiger partial charge in [0.2, 0.25) is 5.89 Å². The van der Waals surface area contributed by atoms with Crippen LogP contribution in [-0.4, -0.2) is 34.0 Å². The molecule has 0 unspecified atom stereocenters. The number of likely N-dealkylation sites (tertiary alicyclic amines) is 1. The van der Waals surface area contributed by atoms with Crippen LogP contribution in [0, 0.1) is 0 Å². The van der Waals surface area contributed by atoms with Gasteiger partial charge in [0.25, 0.3) is 5.91 Å². The molecule has 0 N–H and O–H groups in total. The second-order valence-corrected chi connectivity index (χ2v) is 6.88. The number of aromatic nitrogens is 2. The number of fused-ring (bicyclic) bond motifs is 1. The van der Waals surface area contributed by atoms with E-state index in [2.05, 4.69) is 10.1 Å². The number of rotatable bonds is 3. The molecule has 1 aromatic carbocycles. The molecule has 1 saturated heterocycles. The highest BCUT2D eigenvalue weighted by molar-refractivity contribution is 6.05. The minimum Gasteiger partial charge on any atom is -0.463 e. The van der Waals surface area contributed by atoms with E-state index in [1.807, 2.05) is 43.0 Å². The molecular formula is C19H21N3O3. The summed E-state index contributed by atoms with van der Waals surface area (Å²) in [5.74, 6) is 1.69. The number of piperidine rings is 1. The quantitative estimate of drug-likeness (QED) is 0.722. The van der Waals surface area contributed by atoms with Gasteiger partial charge in [-0.15, -0.1) is 0 Å². The molecule has 6 nitrogen and oxygen atoms in total. The van der Waals surface area contributed by atoms with E-state index < -0.39 is 0 Å². The molecule has 2 aromatic heterocycles. The molecule has 0 aliphatic carbocycles. The third-order valence-corrected chi connectivity index (χ3v) is 4.74. The number of nitrogens with zero attached hydrogens (tertiary/aromatic N) is 3. The van der Waals surface area contributed by atoms with Crippen LogP contribution < -0.4 is 0 Å². The zero-order valence-corrected chi connectivity index (χ0v) is 14.4. The minimum atomic E-state index is 0.00206. The number of carbonyl (C=O) groups excluding carboxylic acids is 1. The SMILES string of the molecule is CC(C)c1nc([C@H]2CCCN(C(=O)c3coc4ccccc34)C2)no1. The Hall–Kier alpha value is -2.63. The van der Waals surface area contributed by atoms with Crippen molar-refractivity contribution in [3.05, 3.63) is 47.8 Å². The third-order valence-electron chi connectivity index (χ3n) is 4.74. The van der Waals surface area contributed by atoms with Crippen LogP contribution in [-0.2, 0) is 0 Å². The molecule has 1 aliphatic heterocycles. The van der Waals surface area contributed by atoms with Gasteiger partial charge in [-0.25, -0.2) is 0 Å². The maximum absolute atomic E-state index is 13.0. The number of amides is 1. The van der Waals surface area contributed by atoms with Gasteiger partial charge in [-0.1, -0.05) is 37.2 Å². The van der Waals surface area contributed by atoms with E-state index in [0.717, 1.165) is 30.4 Å². The molecule has 1 amide bonds. The van der Waals surface area contributed by atoms with Crippen molar-refractivity contribution in [1.82, 2.24) is 15.0 Å². The Kier molecular flexibility index (Phi) is 4.03. The zero-order chi connectivity index (χ0) is 17.4. The molecule has 25 heavy (non-hydrogen) atoms. The Morgan fingerprint density at radius 2 is 2.16 bits per heavy atom. The number of furan rings is 1. The molecule has 4 rings (SSSR count). The average molecular weight is 339 g/mol. The smallest absolute Gasteiger partial charge is 0.257 e. The zero-order valence-electron chi connectivity index (χ0n) is 14.4. The van der Waals surface area contributed by atoms with E-state index in [-0.39, 0.29) is 17.7 Å². The van der Waals surface area contributed by atoms with E-state index in [4.69, 9.17) is 8.94 Å². The summed E-state index contributed by atoms with van der Waals surface area (Å²) in [5.41, 5.74) is 1.35. The van der Waals surface area contributed by atoms with Gasteiger partial charge in [-0.2, -0.15) is 4.98 Å².